The molecule has 0 fully saturated rings. The topological polar surface area (TPSA) is 87.3 Å². The first-order valence-corrected chi connectivity index (χ1v) is 13.0. The van der Waals surface area contributed by atoms with Crippen molar-refractivity contribution in [1.82, 2.24) is 9.97 Å². The van der Waals surface area contributed by atoms with Gasteiger partial charge in [-0.1, -0.05) is 26.7 Å². The zero-order valence-electron chi connectivity index (χ0n) is 18.7. The minimum atomic E-state index is -1.89. The Morgan fingerprint density at radius 2 is 1.87 bits per heavy atom. The van der Waals surface area contributed by atoms with Crippen molar-refractivity contribution in [2.75, 3.05) is 12.3 Å². The first-order valence-electron chi connectivity index (χ1n) is 10.1. The number of ether oxygens (including phenoxy) is 1. The zero-order valence-corrected chi connectivity index (χ0v) is 19.7. The summed E-state index contributed by atoms with van der Waals surface area (Å²) in [5.41, 5.74) is 7.89. The number of hydrogen-bond acceptors (Lipinski definition) is 6. The van der Waals surface area contributed by atoms with Crippen LogP contribution in [0.4, 0.5) is 5.82 Å². The van der Waals surface area contributed by atoms with Crippen LogP contribution in [0.5, 0.6) is 5.75 Å². The molecule has 30 heavy (non-hydrogen) atoms. The van der Waals surface area contributed by atoms with Gasteiger partial charge in [0, 0.05) is 12.0 Å². The summed E-state index contributed by atoms with van der Waals surface area (Å²) in [6, 6.07) is 7.83. The highest BCUT2D eigenvalue weighted by Gasteiger charge is 2.38. The van der Waals surface area contributed by atoms with Gasteiger partial charge in [0.1, 0.15) is 5.75 Å². The maximum absolute atomic E-state index is 11.4. The number of carbonyl (C=O) groups excluding carboxylic acids is 1. The number of aromatic nitrogens is 2. The SMILES string of the molecule is CCOC(=O)CCC#Cc1nc(-c2ccc(O[Si](C)(C)C(C)(C)C)cc2)cnc1N. The highest BCUT2D eigenvalue weighted by atomic mass is 28.4. The van der Waals surface area contributed by atoms with Crippen molar-refractivity contribution < 1.29 is 14.0 Å². The first-order chi connectivity index (χ1) is 14.0. The molecule has 2 rings (SSSR count). The summed E-state index contributed by atoms with van der Waals surface area (Å²) in [6.07, 6.45) is 2.25. The Kier molecular flexibility index (Phi) is 7.63. The van der Waals surface area contributed by atoms with Gasteiger partial charge >= 0.3 is 5.97 Å². The molecule has 0 radical (unpaired) electrons. The maximum atomic E-state index is 11.4. The lowest BCUT2D eigenvalue weighted by Crippen LogP contribution is -2.43. The van der Waals surface area contributed by atoms with Crippen LogP contribution in [0.3, 0.4) is 0 Å². The van der Waals surface area contributed by atoms with Crippen LogP contribution in [0.2, 0.25) is 18.1 Å². The number of anilines is 1. The molecule has 0 unspecified atom stereocenters. The number of nitrogens with two attached hydrogens (primary N) is 1. The molecule has 2 aromatic rings. The highest BCUT2D eigenvalue weighted by Crippen LogP contribution is 2.37. The second-order valence-corrected chi connectivity index (χ2v) is 13.2. The number of rotatable bonds is 6. The van der Waals surface area contributed by atoms with Gasteiger partial charge in [-0.05, 0) is 55.2 Å². The molecule has 0 bridgehead atoms. The van der Waals surface area contributed by atoms with Gasteiger partial charge in [-0.3, -0.25) is 4.79 Å². The minimum Gasteiger partial charge on any atom is -0.544 e. The fourth-order valence-electron chi connectivity index (χ4n) is 2.31. The number of esters is 1. The van der Waals surface area contributed by atoms with Gasteiger partial charge in [-0.25, -0.2) is 9.97 Å². The Morgan fingerprint density at radius 3 is 2.47 bits per heavy atom. The van der Waals surface area contributed by atoms with E-state index < -0.39 is 8.32 Å². The average molecular weight is 426 g/mol. The zero-order chi connectivity index (χ0) is 22.4. The minimum absolute atomic E-state index is 0.134. The van der Waals surface area contributed by atoms with E-state index in [9.17, 15) is 4.79 Å². The molecule has 0 saturated heterocycles. The molecule has 1 aromatic carbocycles. The number of carbonyl (C=O) groups is 1. The van der Waals surface area contributed by atoms with E-state index >= 15 is 0 Å². The Hall–Kier alpha value is -2.85. The highest BCUT2D eigenvalue weighted by molar-refractivity contribution is 6.74. The molecule has 0 aliphatic heterocycles. The summed E-state index contributed by atoms with van der Waals surface area (Å²) in [6.45, 7) is 13.2. The van der Waals surface area contributed by atoms with Crippen LogP contribution in [0.25, 0.3) is 11.3 Å². The molecular weight excluding hydrogens is 394 g/mol. The predicted octanol–water partition coefficient (Wildman–Crippen LogP) is 4.80. The van der Waals surface area contributed by atoms with E-state index in [0.717, 1.165) is 11.3 Å². The summed E-state index contributed by atoms with van der Waals surface area (Å²) in [5.74, 6) is 6.67. The molecule has 0 spiro atoms. The van der Waals surface area contributed by atoms with E-state index in [0.29, 0.717) is 24.4 Å². The third-order valence-electron chi connectivity index (χ3n) is 5.10. The quantitative estimate of drug-likeness (QED) is 0.406. The lowest BCUT2D eigenvalue weighted by atomic mass is 10.1. The second-order valence-electron chi connectivity index (χ2n) is 8.48. The summed E-state index contributed by atoms with van der Waals surface area (Å²) in [5, 5.41) is 0.134. The van der Waals surface area contributed by atoms with Crippen LogP contribution in [0, 0.1) is 11.8 Å². The first kappa shape index (κ1) is 23.4. The molecule has 1 heterocycles. The van der Waals surface area contributed by atoms with Crippen LogP contribution in [0.15, 0.2) is 30.5 Å². The van der Waals surface area contributed by atoms with Gasteiger partial charge in [0.05, 0.1) is 24.9 Å². The lowest BCUT2D eigenvalue weighted by Gasteiger charge is -2.36. The molecule has 0 aliphatic rings. The van der Waals surface area contributed by atoms with Crippen molar-refractivity contribution >= 4 is 20.1 Å². The number of benzene rings is 1. The van der Waals surface area contributed by atoms with Gasteiger partial charge in [0.25, 0.3) is 0 Å². The van der Waals surface area contributed by atoms with Crippen LogP contribution < -0.4 is 10.2 Å². The van der Waals surface area contributed by atoms with Gasteiger partial charge in [-0.15, -0.1) is 0 Å². The molecule has 0 aliphatic carbocycles. The Bertz CT molecular complexity index is 939. The summed E-state index contributed by atoms with van der Waals surface area (Å²) >= 11 is 0. The van der Waals surface area contributed by atoms with E-state index in [4.69, 9.17) is 14.9 Å². The normalized spacial score (nSPS) is 11.4. The average Bonchev–Trinajstić information content (AvgIpc) is 2.66. The monoisotopic (exact) mass is 425 g/mol. The van der Waals surface area contributed by atoms with Crippen molar-refractivity contribution in [2.45, 2.75) is 58.7 Å². The molecule has 7 heteroatoms. The molecular formula is C23H31N3O3Si. The Labute approximate surface area is 180 Å². The lowest BCUT2D eigenvalue weighted by molar-refractivity contribution is -0.142. The van der Waals surface area contributed by atoms with Crippen molar-refractivity contribution in [3.05, 3.63) is 36.2 Å². The van der Waals surface area contributed by atoms with Crippen LogP contribution in [-0.2, 0) is 9.53 Å². The number of hydrogen-bond donors (Lipinski definition) is 1. The van der Waals surface area contributed by atoms with Gasteiger partial charge in [0.2, 0.25) is 8.32 Å². The fourth-order valence-corrected chi connectivity index (χ4v) is 3.35. The Balaban J connectivity index is 2.13. The summed E-state index contributed by atoms with van der Waals surface area (Å²) in [7, 11) is -1.89. The molecule has 0 saturated carbocycles. The third kappa shape index (κ3) is 6.33. The maximum Gasteiger partial charge on any atom is 0.306 e. The van der Waals surface area contributed by atoms with Gasteiger partial charge in [0.15, 0.2) is 11.5 Å². The smallest absolute Gasteiger partial charge is 0.306 e. The van der Waals surface area contributed by atoms with E-state index in [1.165, 1.54) is 0 Å². The van der Waals surface area contributed by atoms with E-state index in [1.807, 2.05) is 24.3 Å². The number of nitrogen functional groups attached to an aromatic ring is 1. The van der Waals surface area contributed by atoms with Crippen molar-refractivity contribution in [2.24, 2.45) is 0 Å². The third-order valence-corrected chi connectivity index (χ3v) is 9.45. The fraction of sp³-hybridized carbons (Fsp3) is 0.435. The molecule has 2 N–H and O–H groups in total. The van der Waals surface area contributed by atoms with Crippen LogP contribution in [0.1, 0.15) is 46.2 Å². The predicted molar refractivity (Wildman–Crippen MR) is 122 cm³/mol. The molecule has 1 aromatic heterocycles. The number of nitrogens with zero attached hydrogens (tertiary/aromatic N) is 2. The van der Waals surface area contributed by atoms with E-state index in [-0.39, 0.29) is 23.2 Å². The van der Waals surface area contributed by atoms with Crippen LogP contribution in [-0.4, -0.2) is 30.9 Å². The van der Waals surface area contributed by atoms with Crippen molar-refractivity contribution in [3.8, 4) is 28.8 Å². The molecule has 160 valence electrons. The summed E-state index contributed by atoms with van der Waals surface area (Å²) in [4.78, 5) is 20.1. The van der Waals surface area contributed by atoms with E-state index in [1.54, 1.807) is 13.1 Å². The van der Waals surface area contributed by atoms with Crippen LogP contribution >= 0.6 is 0 Å². The standard InChI is InChI=1S/C23H31N3O3Si/c1-7-28-21(27)11-9-8-10-19-22(24)25-16-20(26-19)17-12-14-18(15-13-17)29-30(5,6)23(2,3)4/h12-16H,7,9,11H2,1-6H3,(H2,24,25). The van der Waals surface area contributed by atoms with Gasteiger partial charge in [-0.2, -0.15) is 0 Å². The van der Waals surface area contributed by atoms with Crippen molar-refractivity contribution in [1.29, 1.82) is 0 Å². The Morgan fingerprint density at radius 1 is 1.20 bits per heavy atom. The van der Waals surface area contributed by atoms with E-state index in [2.05, 4.69) is 55.7 Å². The van der Waals surface area contributed by atoms with Crippen molar-refractivity contribution in [3.63, 3.8) is 0 Å². The largest absolute Gasteiger partial charge is 0.544 e. The second kappa shape index (κ2) is 9.77. The molecule has 0 atom stereocenters. The summed E-state index contributed by atoms with van der Waals surface area (Å²) < 4.78 is 11.2. The molecule has 0 amide bonds. The molecule has 6 nitrogen and oxygen atoms in total. The van der Waals surface area contributed by atoms with Gasteiger partial charge < -0.3 is 14.9 Å².